The molecule has 1 amide bonds. The van der Waals surface area contributed by atoms with E-state index in [4.69, 9.17) is 9.47 Å². The summed E-state index contributed by atoms with van der Waals surface area (Å²) in [4.78, 5) is 11.5. The zero-order valence-electron chi connectivity index (χ0n) is 10.9. The van der Waals surface area contributed by atoms with Crippen LogP contribution in [0, 0.1) is 0 Å². The highest BCUT2D eigenvalue weighted by Crippen LogP contribution is 2.24. The average Bonchev–Trinajstić information content (AvgIpc) is 2.45. The third-order valence-electron chi connectivity index (χ3n) is 2.74. The lowest BCUT2D eigenvalue weighted by atomic mass is 10.1. The van der Waals surface area contributed by atoms with Crippen LogP contribution in [-0.2, 0) is 9.53 Å². The van der Waals surface area contributed by atoms with Crippen molar-refractivity contribution in [3.63, 3.8) is 0 Å². The molecule has 0 bridgehead atoms. The van der Waals surface area contributed by atoms with Gasteiger partial charge in [0, 0.05) is 19.0 Å². The highest BCUT2D eigenvalue weighted by molar-refractivity contribution is 5.88. The highest BCUT2D eigenvalue weighted by Gasteiger charge is 2.04. The minimum atomic E-state index is -0.148. The molecule has 0 saturated carbocycles. The fourth-order valence-corrected chi connectivity index (χ4v) is 1.81. The Morgan fingerprint density at radius 2 is 1.95 bits per heavy atom. The molecule has 0 spiro atoms. The van der Waals surface area contributed by atoms with Crippen molar-refractivity contribution in [2.24, 2.45) is 0 Å². The quantitative estimate of drug-likeness (QED) is 0.807. The molecule has 1 N–H and O–H groups in total. The summed E-state index contributed by atoms with van der Waals surface area (Å²) >= 11 is 0. The van der Waals surface area contributed by atoms with Gasteiger partial charge >= 0.3 is 0 Å². The van der Waals surface area contributed by atoms with Crippen LogP contribution in [0.3, 0.4) is 0 Å². The Balaban J connectivity index is 1.96. The first-order chi connectivity index (χ1) is 9.31. The zero-order chi connectivity index (χ0) is 13.5. The van der Waals surface area contributed by atoms with Crippen LogP contribution in [0.15, 0.2) is 42.5 Å². The second kappa shape index (κ2) is 6.75. The summed E-state index contributed by atoms with van der Waals surface area (Å²) in [7, 11) is 1.60. The smallest absolute Gasteiger partial charge is 0.258 e. The van der Waals surface area contributed by atoms with E-state index in [0.717, 1.165) is 16.5 Å². The highest BCUT2D eigenvalue weighted by atomic mass is 16.5. The largest absolute Gasteiger partial charge is 0.483 e. The van der Waals surface area contributed by atoms with E-state index in [0.29, 0.717) is 13.2 Å². The van der Waals surface area contributed by atoms with E-state index >= 15 is 0 Å². The fraction of sp³-hybridized carbons (Fsp3) is 0.267. The van der Waals surface area contributed by atoms with Gasteiger partial charge in [-0.2, -0.15) is 0 Å². The molecule has 4 nitrogen and oxygen atoms in total. The number of amides is 1. The summed E-state index contributed by atoms with van der Waals surface area (Å²) in [6, 6.07) is 13.7. The van der Waals surface area contributed by atoms with Gasteiger partial charge in [-0.25, -0.2) is 0 Å². The maximum absolute atomic E-state index is 11.5. The molecule has 100 valence electrons. The molecule has 0 aliphatic carbocycles. The number of fused-ring (bicyclic) bond motifs is 1. The summed E-state index contributed by atoms with van der Waals surface area (Å²) in [5.74, 6) is 0.574. The monoisotopic (exact) mass is 259 g/mol. The predicted molar refractivity (Wildman–Crippen MR) is 74.3 cm³/mol. The van der Waals surface area contributed by atoms with Crippen LogP contribution >= 0.6 is 0 Å². The number of ether oxygens (including phenoxy) is 2. The minimum Gasteiger partial charge on any atom is -0.483 e. The number of nitrogens with one attached hydrogen (secondary N) is 1. The van der Waals surface area contributed by atoms with Gasteiger partial charge in [0.05, 0.1) is 6.61 Å². The van der Waals surface area contributed by atoms with Crippen LogP contribution in [0.4, 0.5) is 0 Å². The Bertz CT molecular complexity index is 549. The molecule has 0 aliphatic rings. The molecule has 2 rings (SSSR count). The molecule has 0 aromatic heterocycles. The lowest BCUT2D eigenvalue weighted by Crippen LogP contribution is -2.31. The molecule has 0 saturated heterocycles. The molecule has 0 radical (unpaired) electrons. The summed E-state index contributed by atoms with van der Waals surface area (Å²) in [6.45, 7) is 1.01. The Morgan fingerprint density at radius 3 is 2.79 bits per heavy atom. The fourth-order valence-electron chi connectivity index (χ4n) is 1.81. The van der Waals surface area contributed by atoms with Crippen molar-refractivity contribution < 1.29 is 14.3 Å². The third kappa shape index (κ3) is 3.69. The second-order valence-electron chi connectivity index (χ2n) is 4.11. The number of methoxy groups -OCH3 is 1. The standard InChI is InChI=1S/C15H17NO3/c1-18-10-9-16-15(17)11-19-14-8-4-6-12-5-2-3-7-13(12)14/h2-8H,9-11H2,1H3,(H,16,17). The third-order valence-corrected chi connectivity index (χ3v) is 2.74. The molecule has 0 fully saturated rings. The van der Waals surface area contributed by atoms with Gasteiger partial charge < -0.3 is 14.8 Å². The number of rotatable bonds is 6. The molecule has 0 atom stereocenters. The minimum absolute atomic E-state index is 0.0116. The van der Waals surface area contributed by atoms with Crippen molar-refractivity contribution in [3.8, 4) is 5.75 Å². The van der Waals surface area contributed by atoms with Gasteiger partial charge in [0.25, 0.3) is 5.91 Å². The van der Waals surface area contributed by atoms with E-state index in [1.165, 1.54) is 0 Å². The van der Waals surface area contributed by atoms with Crippen molar-refractivity contribution in [1.29, 1.82) is 0 Å². The maximum atomic E-state index is 11.5. The first-order valence-electron chi connectivity index (χ1n) is 6.17. The number of hydrogen-bond acceptors (Lipinski definition) is 3. The molecular formula is C15H17NO3. The van der Waals surface area contributed by atoms with Gasteiger partial charge in [-0.1, -0.05) is 36.4 Å². The van der Waals surface area contributed by atoms with Gasteiger partial charge in [0.15, 0.2) is 6.61 Å². The summed E-state index contributed by atoms with van der Waals surface area (Å²) in [5.41, 5.74) is 0. The van der Waals surface area contributed by atoms with E-state index in [1.54, 1.807) is 7.11 Å². The number of carbonyl (C=O) groups is 1. The zero-order valence-corrected chi connectivity index (χ0v) is 10.9. The number of hydrogen-bond donors (Lipinski definition) is 1. The van der Waals surface area contributed by atoms with Crippen LogP contribution in [-0.4, -0.2) is 32.8 Å². The lowest BCUT2D eigenvalue weighted by Gasteiger charge is -2.09. The van der Waals surface area contributed by atoms with E-state index in [9.17, 15) is 4.79 Å². The van der Waals surface area contributed by atoms with E-state index in [-0.39, 0.29) is 12.5 Å². The van der Waals surface area contributed by atoms with Crippen LogP contribution in [0.5, 0.6) is 5.75 Å². The molecule has 2 aromatic rings. The van der Waals surface area contributed by atoms with Gasteiger partial charge in [-0.3, -0.25) is 4.79 Å². The number of benzene rings is 2. The van der Waals surface area contributed by atoms with Gasteiger partial charge in [0.2, 0.25) is 0 Å². The van der Waals surface area contributed by atoms with Crippen molar-refractivity contribution >= 4 is 16.7 Å². The molecule has 2 aromatic carbocycles. The first-order valence-corrected chi connectivity index (χ1v) is 6.17. The Morgan fingerprint density at radius 1 is 1.16 bits per heavy atom. The summed E-state index contributed by atoms with van der Waals surface area (Å²) < 4.78 is 10.4. The van der Waals surface area contributed by atoms with Crippen LogP contribution < -0.4 is 10.1 Å². The van der Waals surface area contributed by atoms with Crippen molar-refractivity contribution in [3.05, 3.63) is 42.5 Å². The maximum Gasteiger partial charge on any atom is 0.258 e. The van der Waals surface area contributed by atoms with E-state index in [1.807, 2.05) is 42.5 Å². The van der Waals surface area contributed by atoms with Gasteiger partial charge in [-0.05, 0) is 11.5 Å². The average molecular weight is 259 g/mol. The first kappa shape index (κ1) is 13.4. The van der Waals surface area contributed by atoms with Gasteiger partial charge in [0.1, 0.15) is 5.75 Å². The van der Waals surface area contributed by atoms with Crippen LogP contribution in [0.1, 0.15) is 0 Å². The van der Waals surface area contributed by atoms with Crippen molar-refractivity contribution in [1.82, 2.24) is 5.32 Å². The Labute approximate surface area is 112 Å². The SMILES string of the molecule is COCCNC(=O)COc1cccc2ccccc12. The summed E-state index contributed by atoms with van der Waals surface area (Å²) in [6.07, 6.45) is 0. The topological polar surface area (TPSA) is 47.6 Å². The molecule has 4 heteroatoms. The van der Waals surface area contributed by atoms with Crippen LogP contribution in [0.2, 0.25) is 0 Å². The number of carbonyl (C=O) groups excluding carboxylic acids is 1. The normalized spacial score (nSPS) is 10.4. The molecule has 0 aliphatic heterocycles. The Kier molecular flexibility index (Phi) is 4.75. The molecule has 0 heterocycles. The van der Waals surface area contributed by atoms with Gasteiger partial charge in [-0.15, -0.1) is 0 Å². The van der Waals surface area contributed by atoms with Crippen molar-refractivity contribution in [2.45, 2.75) is 0 Å². The van der Waals surface area contributed by atoms with Crippen molar-refractivity contribution in [2.75, 3.05) is 26.9 Å². The Hall–Kier alpha value is -2.07. The molecular weight excluding hydrogens is 242 g/mol. The predicted octanol–water partition coefficient (Wildman–Crippen LogP) is 1.98. The van der Waals surface area contributed by atoms with Crippen LogP contribution in [0.25, 0.3) is 10.8 Å². The van der Waals surface area contributed by atoms with E-state index < -0.39 is 0 Å². The lowest BCUT2D eigenvalue weighted by molar-refractivity contribution is -0.123. The summed E-state index contributed by atoms with van der Waals surface area (Å²) in [5, 5.41) is 4.82. The molecule has 0 unspecified atom stereocenters. The second-order valence-corrected chi connectivity index (χ2v) is 4.11. The van der Waals surface area contributed by atoms with E-state index in [2.05, 4.69) is 5.32 Å². The molecule has 19 heavy (non-hydrogen) atoms.